The van der Waals surface area contributed by atoms with Crippen LogP contribution >= 0.6 is 12.4 Å². The van der Waals surface area contributed by atoms with Crippen LogP contribution in [0.2, 0.25) is 0 Å². The highest BCUT2D eigenvalue weighted by Gasteiger charge is 2.32. The molecule has 3 aromatic carbocycles. The molecule has 0 atom stereocenters. The van der Waals surface area contributed by atoms with E-state index in [1.54, 1.807) is 0 Å². The fourth-order valence-electron chi connectivity index (χ4n) is 5.92. The molecule has 6 heteroatoms. The maximum Gasteiger partial charge on any atom is 0.302 e. The second-order valence-corrected chi connectivity index (χ2v) is 11.1. The largest absolute Gasteiger partial charge is 0.466 e. The van der Waals surface area contributed by atoms with Gasteiger partial charge in [-0.2, -0.15) is 0 Å². The van der Waals surface area contributed by atoms with Crippen LogP contribution in [0.4, 0.5) is 5.69 Å². The molecule has 1 amide bonds. The topological polar surface area (TPSA) is 58.6 Å². The summed E-state index contributed by atoms with van der Waals surface area (Å²) >= 11 is 0. The molecule has 3 aromatic rings. The summed E-state index contributed by atoms with van der Waals surface area (Å²) in [6.45, 7) is 5.78. The van der Waals surface area contributed by atoms with Gasteiger partial charge in [0.15, 0.2) is 0 Å². The lowest BCUT2D eigenvalue weighted by molar-refractivity contribution is -0.141. The van der Waals surface area contributed by atoms with Gasteiger partial charge in [-0.3, -0.25) is 9.59 Å². The number of hydrogen-bond acceptors (Lipinski definition) is 4. The third kappa shape index (κ3) is 8.31. The molecular weight excluding hydrogens is 532 g/mol. The summed E-state index contributed by atoms with van der Waals surface area (Å²) in [5, 5.41) is 2.87. The molecular formula is C35H41ClN2O3. The van der Waals surface area contributed by atoms with Gasteiger partial charge in [-0.05, 0) is 103 Å². The summed E-state index contributed by atoms with van der Waals surface area (Å²) in [6.07, 6.45) is 6.72. The normalized spacial score (nSPS) is 16.3. The Kier molecular flexibility index (Phi) is 10.8. The Bertz CT molecular complexity index is 1320. The van der Waals surface area contributed by atoms with Crippen molar-refractivity contribution in [2.24, 2.45) is 0 Å². The van der Waals surface area contributed by atoms with Crippen LogP contribution in [-0.4, -0.2) is 42.5 Å². The van der Waals surface area contributed by atoms with Gasteiger partial charge in [-0.15, -0.1) is 12.4 Å². The molecule has 1 saturated heterocycles. The fraction of sp³-hybridized carbons (Fsp3) is 0.371. The molecule has 0 radical (unpaired) electrons. The molecule has 1 aliphatic carbocycles. The average molecular weight is 573 g/mol. The van der Waals surface area contributed by atoms with Gasteiger partial charge in [0.05, 0.1) is 6.61 Å². The highest BCUT2D eigenvalue weighted by atomic mass is 35.5. The standard InChI is InChI=1S/C35H40N2O3.ClH/c1-25(38)36-32-16-14-31(15-17-32)35(34(9-6-24-40-26(2)39)29-7-4-3-5-8-29)30-12-10-27(11-13-30)28-20-22-37(23-21-28)33-18-19-33;/h3-5,7-8,10-17,28,33H,6,9,18-24H2,1-2H3,(H,36,38);1H/b35-34+;. The van der Waals surface area contributed by atoms with E-state index in [9.17, 15) is 9.59 Å². The van der Waals surface area contributed by atoms with Crippen molar-refractivity contribution < 1.29 is 14.3 Å². The summed E-state index contributed by atoms with van der Waals surface area (Å²) in [5.41, 5.74) is 7.99. The Morgan fingerprint density at radius 1 is 0.805 bits per heavy atom. The number of hydrogen-bond donors (Lipinski definition) is 1. The molecule has 1 N–H and O–H groups in total. The molecule has 5 rings (SSSR count). The number of carbonyl (C=O) groups is 2. The number of nitrogens with zero attached hydrogens (tertiary/aromatic N) is 1. The predicted molar refractivity (Wildman–Crippen MR) is 169 cm³/mol. The lowest BCUT2D eigenvalue weighted by Gasteiger charge is -2.32. The quantitative estimate of drug-likeness (QED) is 0.153. The van der Waals surface area contributed by atoms with Gasteiger partial charge in [-0.25, -0.2) is 0 Å². The predicted octanol–water partition coefficient (Wildman–Crippen LogP) is 7.71. The molecule has 1 saturated carbocycles. The van der Waals surface area contributed by atoms with Crippen molar-refractivity contribution in [3.8, 4) is 0 Å². The van der Waals surface area contributed by atoms with Crippen molar-refractivity contribution >= 4 is 41.1 Å². The number of halogens is 1. The van der Waals surface area contributed by atoms with Crippen LogP contribution in [0.5, 0.6) is 0 Å². The first-order valence-electron chi connectivity index (χ1n) is 14.6. The van der Waals surface area contributed by atoms with E-state index in [1.807, 2.05) is 18.2 Å². The minimum absolute atomic E-state index is 0. The summed E-state index contributed by atoms with van der Waals surface area (Å²) in [4.78, 5) is 25.7. The van der Waals surface area contributed by atoms with Crippen LogP contribution in [-0.2, 0) is 14.3 Å². The number of carbonyl (C=O) groups excluding carboxylic acids is 2. The number of ether oxygens (including phenoxy) is 1. The van der Waals surface area contributed by atoms with Gasteiger partial charge in [-0.1, -0.05) is 66.7 Å². The number of benzene rings is 3. The molecule has 0 unspecified atom stereocenters. The third-order valence-corrected chi connectivity index (χ3v) is 8.06. The molecule has 1 heterocycles. The lowest BCUT2D eigenvalue weighted by Crippen LogP contribution is -2.34. The number of nitrogens with one attached hydrogen (secondary N) is 1. The smallest absolute Gasteiger partial charge is 0.302 e. The van der Waals surface area contributed by atoms with Gasteiger partial charge in [0.25, 0.3) is 0 Å². The van der Waals surface area contributed by atoms with E-state index in [1.165, 1.54) is 69.3 Å². The molecule has 216 valence electrons. The number of allylic oxidation sites excluding steroid dienone is 1. The van der Waals surface area contributed by atoms with Crippen molar-refractivity contribution in [2.45, 2.75) is 64.3 Å². The summed E-state index contributed by atoms with van der Waals surface area (Å²) in [5.74, 6) is 0.279. The molecule has 1 aliphatic heterocycles. The average Bonchev–Trinajstić information content (AvgIpc) is 3.82. The first kappa shape index (κ1) is 30.5. The lowest BCUT2D eigenvalue weighted by atomic mass is 9.85. The Morgan fingerprint density at radius 2 is 1.41 bits per heavy atom. The molecule has 0 spiro atoms. The van der Waals surface area contributed by atoms with Crippen LogP contribution in [0.1, 0.15) is 80.5 Å². The number of piperidine rings is 1. The van der Waals surface area contributed by atoms with Crippen molar-refractivity contribution in [1.82, 2.24) is 4.90 Å². The second kappa shape index (κ2) is 14.5. The van der Waals surface area contributed by atoms with Crippen molar-refractivity contribution in [2.75, 3.05) is 25.0 Å². The van der Waals surface area contributed by atoms with Crippen LogP contribution in [0.25, 0.3) is 11.1 Å². The van der Waals surface area contributed by atoms with Crippen molar-refractivity contribution in [3.63, 3.8) is 0 Å². The van der Waals surface area contributed by atoms with Crippen molar-refractivity contribution in [1.29, 1.82) is 0 Å². The number of rotatable bonds is 10. The molecule has 0 aromatic heterocycles. The van der Waals surface area contributed by atoms with Gasteiger partial charge in [0.1, 0.15) is 0 Å². The first-order valence-corrected chi connectivity index (χ1v) is 14.6. The summed E-state index contributed by atoms with van der Waals surface area (Å²) in [6, 6.07) is 28.6. The minimum Gasteiger partial charge on any atom is -0.466 e. The molecule has 5 nitrogen and oxygen atoms in total. The van der Waals surface area contributed by atoms with Gasteiger partial charge < -0.3 is 15.0 Å². The zero-order chi connectivity index (χ0) is 27.9. The van der Waals surface area contributed by atoms with Crippen molar-refractivity contribution in [3.05, 3.63) is 101 Å². The fourth-order valence-corrected chi connectivity index (χ4v) is 5.92. The Balaban J connectivity index is 0.00000387. The zero-order valence-electron chi connectivity index (χ0n) is 24.1. The van der Waals surface area contributed by atoms with Gasteiger partial charge in [0.2, 0.25) is 5.91 Å². The van der Waals surface area contributed by atoms with Crippen LogP contribution in [0.15, 0.2) is 78.9 Å². The van der Waals surface area contributed by atoms with Gasteiger partial charge >= 0.3 is 5.97 Å². The van der Waals surface area contributed by atoms with E-state index in [4.69, 9.17) is 4.74 Å². The molecule has 2 aliphatic rings. The monoisotopic (exact) mass is 572 g/mol. The van der Waals surface area contributed by atoms with E-state index in [2.05, 4.69) is 70.9 Å². The van der Waals surface area contributed by atoms with E-state index in [-0.39, 0.29) is 24.3 Å². The van der Waals surface area contributed by atoms with E-state index in [0.29, 0.717) is 12.5 Å². The first-order chi connectivity index (χ1) is 19.5. The Hall–Kier alpha value is -3.41. The maximum atomic E-state index is 11.6. The number of likely N-dealkylation sites (tertiary alicyclic amines) is 1. The molecule has 2 fully saturated rings. The zero-order valence-corrected chi connectivity index (χ0v) is 24.9. The van der Waals surface area contributed by atoms with E-state index >= 15 is 0 Å². The summed E-state index contributed by atoms with van der Waals surface area (Å²) in [7, 11) is 0. The second-order valence-electron chi connectivity index (χ2n) is 11.1. The SMILES string of the molecule is CC(=O)Nc1ccc(/C(=C(\CCCOC(C)=O)c2ccccc2)c2ccc(C3CCN(C4CC4)CC3)cc2)cc1.Cl. The number of anilines is 1. The Labute approximate surface area is 250 Å². The van der Waals surface area contributed by atoms with E-state index in [0.717, 1.165) is 41.3 Å². The van der Waals surface area contributed by atoms with Crippen LogP contribution in [0, 0.1) is 0 Å². The number of esters is 1. The highest BCUT2D eigenvalue weighted by molar-refractivity contribution is 5.99. The van der Waals surface area contributed by atoms with Crippen LogP contribution < -0.4 is 5.32 Å². The summed E-state index contributed by atoms with van der Waals surface area (Å²) < 4.78 is 5.28. The molecule has 41 heavy (non-hydrogen) atoms. The number of amides is 1. The third-order valence-electron chi connectivity index (χ3n) is 8.06. The minimum atomic E-state index is -0.252. The molecule has 0 bridgehead atoms. The van der Waals surface area contributed by atoms with Crippen LogP contribution in [0.3, 0.4) is 0 Å². The Morgan fingerprint density at radius 3 is 1.98 bits per heavy atom. The van der Waals surface area contributed by atoms with E-state index < -0.39 is 0 Å². The maximum absolute atomic E-state index is 11.6. The highest BCUT2D eigenvalue weighted by Crippen LogP contribution is 2.38. The van der Waals surface area contributed by atoms with Gasteiger partial charge in [0, 0.05) is 25.6 Å².